The van der Waals surface area contributed by atoms with Gasteiger partial charge < -0.3 is 5.32 Å². The van der Waals surface area contributed by atoms with Gasteiger partial charge in [0.2, 0.25) is 0 Å². The second-order valence-electron chi connectivity index (χ2n) is 3.99. The largest absolute Gasteiger partial charge is 0.306 e. The van der Waals surface area contributed by atoms with Crippen LogP contribution in [-0.4, -0.2) is 21.7 Å². The molecule has 0 aromatic carbocycles. The van der Waals surface area contributed by atoms with Gasteiger partial charge in [0, 0.05) is 29.8 Å². The molecule has 0 radical (unpaired) electrons. The van der Waals surface area contributed by atoms with Gasteiger partial charge in [-0.2, -0.15) is 0 Å². The Balaban J connectivity index is 2.22. The maximum atomic E-state index is 12.1. The summed E-state index contributed by atoms with van der Waals surface area (Å²) in [5, 5.41) is 10.6. The van der Waals surface area contributed by atoms with Crippen molar-refractivity contribution in [2.45, 2.75) is 6.92 Å². The Hall–Kier alpha value is -1.98. The van der Waals surface area contributed by atoms with E-state index in [2.05, 4.69) is 15.3 Å². The molecule has 0 unspecified atom stereocenters. The van der Waals surface area contributed by atoms with Crippen molar-refractivity contribution in [1.29, 1.82) is 5.41 Å². The number of aryl methyl sites for hydroxylation is 1. The van der Waals surface area contributed by atoms with E-state index < -0.39 is 5.91 Å². The molecule has 102 valence electrons. The quantitative estimate of drug-likeness (QED) is 0.661. The van der Waals surface area contributed by atoms with E-state index in [0.717, 1.165) is 5.69 Å². The number of halogens is 2. The van der Waals surface area contributed by atoms with Gasteiger partial charge in [0.25, 0.3) is 5.91 Å². The lowest BCUT2D eigenvalue weighted by Crippen LogP contribution is -2.31. The minimum atomic E-state index is -0.554. The molecule has 0 atom stereocenters. The summed E-state index contributed by atoms with van der Waals surface area (Å²) >= 11 is 11.8. The molecule has 0 aliphatic rings. The maximum Gasteiger partial charge on any atom is 0.259 e. The van der Waals surface area contributed by atoms with Gasteiger partial charge in [-0.05, 0) is 19.1 Å². The lowest BCUT2D eigenvalue weighted by molar-refractivity contribution is 0.0977. The first-order valence-electron chi connectivity index (χ1n) is 5.61. The fraction of sp³-hybridized carbons (Fsp3) is 0.0769. The van der Waals surface area contributed by atoms with Crippen molar-refractivity contribution < 1.29 is 4.79 Å². The highest BCUT2D eigenvalue weighted by molar-refractivity contribution is 6.40. The molecule has 0 bridgehead atoms. The number of nitrogens with one attached hydrogen (secondary N) is 2. The Morgan fingerprint density at radius 2 is 1.95 bits per heavy atom. The Morgan fingerprint density at radius 3 is 2.55 bits per heavy atom. The van der Waals surface area contributed by atoms with Gasteiger partial charge in [-0.15, -0.1) is 0 Å². The molecule has 0 aliphatic heterocycles. The van der Waals surface area contributed by atoms with Gasteiger partial charge in [0.05, 0.1) is 15.6 Å². The number of aromatic nitrogens is 2. The molecule has 0 fully saturated rings. The van der Waals surface area contributed by atoms with E-state index >= 15 is 0 Å². The zero-order chi connectivity index (χ0) is 14.7. The number of carbonyl (C=O) groups excluding carboxylic acids is 1. The van der Waals surface area contributed by atoms with Crippen molar-refractivity contribution in [3.8, 4) is 0 Å². The maximum absolute atomic E-state index is 12.1. The van der Waals surface area contributed by atoms with E-state index in [1.54, 1.807) is 25.3 Å². The predicted molar refractivity (Wildman–Crippen MR) is 77.5 cm³/mol. The molecule has 20 heavy (non-hydrogen) atoms. The van der Waals surface area contributed by atoms with Crippen molar-refractivity contribution >= 4 is 34.9 Å². The summed E-state index contributed by atoms with van der Waals surface area (Å²) in [6.45, 7) is 1.80. The smallest absolute Gasteiger partial charge is 0.259 e. The number of hydrogen-bond acceptors (Lipinski definition) is 4. The molecule has 0 saturated heterocycles. The van der Waals surface area contributed by atoms with Crippen LogP contribution in [0.1, 0.15) is 21.6 Å². The predicted octanol–water partition coefficient (Wildman–Crippen LogP) is 2.85. The van der Waals surface area contributed by atoms with Crippen LogP contribution in [0.25, 0.3) is 0 Å². The highest BCUT2D eigenvalue weighted by Crippen LogP contribution is 2.22. The molecule has 2 aromatic rings. The van der Waals surface area contributed by atoms with Gasteiger partial charge in [-0.1, -0.05) is 23.2 Å². The normalized spacial score (nSPS) is 10.2. The highest BCUT2D eigenvalue weighted by atomic mass is 35.5. The number of pyridine rings is 2. The minimum Gasteiger partial charge on any atom is -0.306 e. The summed E-state index contributed by atoms with van der Waals surface area (Å²) in [6.07, 6.45) is 4.21. The molecule has 5 nitrogen and oxygen atoms in total. The molecular formula is C13H10Cl2N4O. The van der Waals surface area contributed by atoms with Crippen LogP contribution in [0.15, 0.2) is 30.7 Å². The average molecular weight is 309 g/mol. The van der Waals surface area contributed by atoms with Gasteiger partial charge in [0.1, 0.15) is 5.84 Å². The molecule has 0 aliphatic carbocycles. The van der Waals surface area contributed by atoms with Gasteiger partial charge in [-0.3, -0.25) is 20.2 Å². The Kier molecular flexibility index (Phi) is 4.32. The molecule has 2 aromatic heterocycles. The molecular weight excluding hydrogens is 299 g/mol. The summed E-state index contributed by atoms with van der Waals surface area (Å²) in [5.74, 6) is -0.605. The van der Waals surface area contributed by atoms with Gasteiger partial charge in [-0.25, -0.2) is 0 Å². The molecule has 0 saturated carbocycles. The number of nitrogens with zero attached hydrogens (tertiary/aromatic N) is 2. The average Bonchev–Trinajstić information content (AvgIpc) is 2.38. The Bertz CT molecular complexity index is 668. The van der Waals surface area contributed by atoms with Crippen molar-refractivity contribution in [3.05, 3.63) is 57.6 Å². The first kappa shape index (κ1) is 14.4. The Morgan fingerprint density at radius 1 is 1.30 bits per heavy atom. The molecule has 2 N–H and O–H groups in total. The van der Waals surface area contributed by atoms with Crippen LogP contribution < -0.4 is 5.32 Å². The van der Waals surface area contributed by atoms with Crippen LogP contribution in [0.5, 0.6) is 0 Å². The van der Waals surface area contributed by atoms with Crippen molar-refractivity contribution in [3.63, 3.8) is 0 Å². The zero-order valence-electron chi connectivity index (χ0n) is 10.4. The second kappa shape index (κ2) is 5.98. The SMILES string of the molecule is Cc1cc(C(=N)NC(=O)c2c(Cl)cncc2Cl)ccn1. The van der Waals surface area contributed by atoms with E-state index in [9.17, 15) is 4.79 Å². The van der Waals surface area contributed by atoms with E-state index in [0.29, 0.717) is 5.56 Å². The zero-order valence-corrected chi connectivity index (χ0v) is 12.0. The summed E-state index contributed by atoms with van der Waals surface area (Å²) in [5.41, 5.74) is 1.40. The standard InChI is InChI=1S/C13H10Cl2N4O/c1-7-4-8(2-3-18-7)12(16)19-13(20)11-9(14)5-17-6-10(11)15/h2-6H,1H3,(H2,16,19,20). The van der Waals surface area contributed by atoms with Crippen LogP contribution in [0.4, 0.5) is 0 Å². The van der Waals surface area contributed by atoms with E-state index in [1.165, 1.54) is 12.4 Å². The summed E-state index contributed by atoms with van der Waals surface area (Å²) in [6, 6.07) is 3.32. The summed E-state index contributed by atoms with van der Waals surface area (Å²) in [7, 11) is 0. The van der Waals surface area contributed by atoms with Crippen molar-refractivity contribution in [2.75, 3.05) is 0 Å². The van der Waals surface area contributed by atoms with Crippen molar-refractivity contribution in [1.82, 2.24) is 15.3 Å². The first-order valence-corrected chi connectivity index (χ1v) is 6.36. The van der Waals surface area contributed by atoms with Gasteiger partial charge >= 0.3 is 0 Å². The monoisotopic (exact) mass is 308 g/mol. The van der Waals surface area contributed by atoms with Crippen LogP contribution in [0, 0.1) is 12.3 Å². The molecule has 2 heterocycles. The first-order chi connectivity index (χ1) is 9.49. The molecule has 7 heteroatoms. The van der Waals surface area contributed by atoms with E-state index in [1.807, 2.05) is 0 Å². The number of carbonyl (C=O) groups is 1. The number of hydrogen-bond donors (Lipinski definition) is 2. The molecule has 0 spiro atoms. The second-order valence-corrected chi connectivity index (χ2v) is 4.81. The van der Waals surface area contributed by atoms with Crippen LogP contribution in [-0.2, 0) is 0 Å². The molecule has 1 amide bonds. The fourth-order valence-corrected chi connectivity index (χ4v) is 2.11. The highest BCUT2D eigenvalue weighted by Gasteiger charge is 2.16. The number of rotatable bonds is 2. The van der Waals surface area contributed by atoms with Crippen LogP contribution in [0.2, 0.25) is 10.0 Å². The van der Waals surface area contributed by atoms with Crippen LogP contribution in [0.3, 0.4) is 0 Å². The molecule has 2 rings (SSSR count). The minimum absolute atomic E-state index is 0.0514. The third-order valence-electron chi connectivity index (χ3n) is 2.50. The number of amidine groups is 1. The lowest BCUT2D eigenvalue weighted by Gasteiger charge is -2.09. The topological polar surface area (TPSA) is 78.7 Å². The fourth-order valence-electron chi connectivity index (χ4n) is 1.58. The van der Waals surface area contributed by atoms with Crippen LogP contribution >= 0.6 is 23.2 Å². The Labute approximate surface area is 125 Å². The third-order valence-corrected chi connectivity index (χ3v) is 3.08. The summed E-state index contributed by atoms with van der Waals surface area (Å²) < 4.78 is 0. The van der Waals surface area contributed by atoms with Crippen molar-refractivity contribution in [2.24, 2.45) is 0 Å². The summed E-state index contributed by atoms with van der Waals surface area (Å²) in [4.78, 5) is 19.9. The third kappa shape index (κ3) is 3.12. The lowest BCUT2D eigenvalue weighted by atomic mass is 10.2. The van der Waals surface area contributed by atoms with E-state index in [4.69, 9.17) is 28.6 Å². The van der Waals surface area contributed by atoms with E-state index in [-0.39, 0.29) is 21.4 Å². The van der Waals surface area contributed by atoms with Gasteiger partial charge in [0.15, 0.2) is 0 Å². The number of amides is 1.